The predicted octanol–water partition coefficient (Wildman–Crippen LogP) is 24.9. The van der Waals surface area contributed by atoms with Crippen LogP contribution in [0.4, 0.5) is 0 Å². The van der Waals surface area contributed by atoms with E-state index in [0.717, 1.165) is 122 Å². The first-order valence-corrected chi connectivity index (χ1v) is 34.8. The SMILES string of the molecule is Cc1ccc2c(c1)c1cc(C)ccc1n2-c1ccc(-c2c(C#N)c(-c3ccc(-n4c5ccc(C)cc5c5cc(C)ccc54)cc3)c(-c3ccc(-n4c5ccc(C)cc5c5cc(C)ccc54)cc3)c(-c3nc4ccccc4o3)c2-c2ccc(-n3c4ccc(C)cc4c4cc(C)ccc43)cc2)cc1. The minimum absolute atomic E-state index is 0.442. The number of aryl methyl sites for hydroxylation is 8. The molecular formula is C94H68N6O. The zero-order valence-electron chi connectivity index (χ0n) is 57.5. The van der Waals surface area contributed by atoms with E-state index in [-0.39, 0.29) is 0 Å². The van der Waals surface area contributed by atoms with Crippen molar-refractivity contribution in [2.45, 2.75) is 55.4 Å². The molecule has 0 aliphatic carbocycles. The van der Waals surface area contributed by atoms with Crippen LogP contribution in [0.25, 0.3) is 177 Å². The number of rotatable bonds is 9. The second-order valence-electron chi connectivity index (χ2n) is 28.0. The highest BCUT2D eigenvalue weighted by atomic mass is 16.3. The zero-order valence-corrected chi connectivity index (χ0v) is 57.5. The highest BCUT2D eigenvalue weighted by Crippen LogP contribution is 2.54. The quantitative estimate of drug-likeness (QED) is 0.145. The number of benzene rings is 14. The zero-order chi connectivity index (χ0) is 68.2. The van der Waals surface area contributed by atoms with E-state index in [9.17, 15) is 5.26 Å². The summed E-state index contributed by atoms with van der Waals surface area (Å²) in [5.74, 6) is 0.442. The standard InChI is InChI=1S/C94H68N6O/c1-54-13-37-80-70(45-54)71-46-55(2)14-38-81(71)97(80)66-29-21-62(22-30-66)89-78(53-95)90(63-23-31-67(32-24-63)98-82-39-15-56(3)47-72(82)73-48-57(4)16-40-83(73)98)92(65-27-35-69(36-28-65)100-86-43-19-60(7)51-76(86)77-52-61(8)20-44-87(77)100)93(94-96-79-11-9-10-12-88(79)101-94)91(89)64-25-33-68(34-26-64)99-84-41-17-58(5)49-74(84)75-50-59(6)18-42-85(75)99/h9-52H,1-8H3. The fourth-order valence-corrected chi connectivity index (χ4v) is 16.4. The summed E-state index contributed by atoms with van der Waals surface area (Å²) < 4.78 is 16.8. The summed E-state index contributed by atoms with van der Waals surface area (Å²) in [5, 5.41) is 22.4. The minimum Gasteiger partial charge on any atom is -0.436 e. The summed E-state index contributed by atoms with van der Waals surface area (Å²) in [4.78, 5) is 5.53. The predicted molar refractivity (Wildman–Crippen MR) is 421 cm³/mol. The average Bonchev–Trinajstić information content (AvgIpc) is 1.01. The van der Waals surface area contributed by atoms with E-state index in [2.05, 4.69) is 322 Å². The van der Waals surface area contributed by atoms with Crippen LogP contribution in [0, 0.1) is 66.7 Å². The lowest BCUT2D eigenvalue weighted by molar-refractivity contribution is 0.620. The molecule has 0 atom stereocenters. The Hall–Kier alpha value is -12.8. The Bertz CT molecular complexity index is 6120. The Labute approximate surface area is 584 Å². The van der Waals surface area contributed by atoms with Crippen LogP contribution >= 0.6 is 0 Å². The molecule has 0 amide bonds. The number of fused-ring (bicyclic) bond motifs is 13. The summed E-state index contributed by atoms with van der Waals surface area (Å²) >= 11 is 0. The van der Waals surface area contributed by atoms with E-state index in [1.165, 1.54) is 87.6 Å². The third-order valence-electron chi connectivity index (χ3n) is 21.1. The van der Waals surface area contributed by atoms with Gasteiger partial charge in [-0.05, 0) is 235 Å². The number of hydrogen-bond acceptors (Lipinski definition) is 3. The van der Waals surface area contributed by atoms with Gasteiger partial charge in [0, 0.05) is 88.1 Å². The van der Waals surface area contributed by atoms with Gasteiger partial charge in [0.15, 0.2) is 5.58 Å². The topological polar surface area (TPSA) is 69.5 Å². The van der Waals surface area contributed by atoms with Crippen molar-refractivity contribution in [1.29, 1.82) is 5.26 Å². The van der Waals surface area contributed by atoms with Gasteiger partial charge in [0.2, 0.25) is 5.89 Å². The molecule has 7 heteroatoms. The Morgan fingerprint density at radius 3 is 0.743 bits per heavy atom. The maximum absolute atomic E-state index is 12.7. The molecule has 0 aliphatic rings. The largest absolute Gasteiger partial charge is 0.436 e. The first-order chi connectivity index (χ1) is 49.3. The van der Waals surface area contributed by atoms with Crippen LogP contribution in [-0.4, -0.2) is 23.3 Å². The molecule has 0 spiro atoms. The van der Waals surface area contributed by atoms with Crippen molar-refractivity contribution in [1.82, 2.24) is 23.3 Å². The molecule has 0 saturated carbocycles. The second-order valence-corrected chi connectivity index (χ2v) is 28.0. The van der Waals surface area contributed by atoms with Crippen LogP contribution in [0.1, 0.15) is 50.1 Å². The summed E-state index contributed by atoms with van der Waals surface area (Å²) in [5.41, 5.74) is 32.2. The molecule has 0 radical (unpaired) electrons. The van der Waals surface area contributed by atoms with Crippen molar-refractivity contribution in [3.63, 3.8) is 0 Å². The van der Waals surface area contributed by atoms with Crippen molar-refractivity contribution in [3.8, 4) is 84.8 Å². The third kappa shape index (κ3) is 9.36. The number of nitriles is 1. The molecule has 101 heavy (non-hydrogen) atoms. The summed E-state index contributed by atoms with van der Waals surface area (Å²) in [7, 11) is 0. The molecule has 480 valence electrons. The molecular weight excluding hydrogens is 1230 g/mol. The first kappa shape index (κ1) is 59.5. The van der Waals surface area contributed by atoms with Crippen molar-refractivity contribution in [2.75, 3.05) is 0 Å². The molecule has 0 bridgehead atoms. The van der Waals surface area contributed by atoms with Gasteiger partial charge in [0.05, 0.1) is 55.3 Å². The highest BCUT2D eigenvalue weighted by molar-refractivity contribution is 6.15. The number of nitrogens with zero attached hydrogens (tertiary/aromatic N) is 6. The lowest BCUT2D eigenvalue weighted by Crippen LogP contribution is -2.03. The van der Waals surface area contributed by atoms with Gasteiger partial charge in [-0.1, -0.05) is 154 Å². The Balaban J connectivity index is 0.916. The van der Waals surface area contributed by atoms with E-state index in [1.54, 1.807) is 0 Å². The van der Waals surface area contributed by atoms with Gasteiger partial charge in [-0.25, -0.2) is 4.98 Å². The van der Waals surface area contributed by atoms with E-state index < -0.39 is 0 Å². The lowest BCUT2D eigenvalue weighted by Gasteiger charge is -2.25. The van der Waals surface area contributed by atoms with Crippen molar-refractivity contribution >= 4 is 98.3 Å². The fraction of sp³-hybridized carbons (Fsp3) is 0.0851. The second kappa shape index (κ2) is 22.7. The molecule has 0 N–H and O–H groups in total. The minimum atomic E-state index is 0.442. The van der Waals surface area contributed by atoms with Crippen LogP contribution in [0.3, 0.4) is 0 Å². The molecule has 0 aliphatic heterocycles. The normalized spacial score (nSPS) is 12.0. The van der Waals surface area contributed by atoms with Crippen molar-refractivity contribution < 1.29 is 4.42 Å². The number of oxazole rings is 1. The van der Waals surface area contributed by atoms with Gasteiger partial charge in [-0.15, -0.1) is 0 Å². The number of hydrogen-bond donors (Lipinski definition) is 0. The van der Waals surface area contributed by atoms with Gasteiger partial charge in [-0.3, -0.25) is 0 Å². The van der Waals surface area contributed by atoms with E-state index >= 15 is 0 Å². The van der Waals surface area contributed by atoms with E-state index in [4.69, 9.17) is 9.40 Å². The van der Waals surface area contributed by atoms with Gasteiger partial charge < -0.3 is 22.7 Å². The van der Waals surface area contributed by atoms with Crippen LogP contribution in [0.15, 0.2) is 271 Å². The summed E-state index contributed by atoms with van der Waals surface area (Å²) in [6.45, 7) is 17.3. The monoisotopic (exact) mass is 1300 g/mol. The molecule has 0 saturated heterocycles. The molecule has 19 rings (SSSR count). The molecule has 5 aromatic heterocycles. The Morgan fingerprint density at radius 1 is 0.267 bits per heavy atom. The van der Waals surface area contributed by atoms with Gasteiger partial charge >= 0.3 is 0 Å². The Morgan fingerprint density at radius 2 is 0.505 bits per heavy atom. The highest BCUT2D eigenvalue weighted by Gasteiger charge is 2.32. The number of aromatic nitrogens is 5. The van der Waals surface area contributed by atoms with E-state index in [0.29, 0.717) is 17.0 Å². The van der Waals surface area contributed by atoms with Crippen LogP contribution < -0.4 is 0 Å². The van der Waals surface area contributed by atoms with Crippen molar-refractivity contribution in [2.24, 2.45) is 0 Å². The molecule has 14 aromatic carbocycles. The van der Waals surface area contributed by atoms with Crippen molar-refractivity contribution in [3.05, 3.63) is 317 Å². The maximum atomic E-state index is 12.7. The maximum Gasteiger partial charge on any atom is 0.228 e. The summed E-state index contributed by atoms with van der Waals surface area (Å²) in [6, 6.07) is 101. The summed E-state index contributed by atoms with van der Waals surface area (Å²) in [6.07, 6.45) is 0. The van der Waals surface area contributed by atoms with Gasteiger partial charge in [0.25, 0.3) is 0 Å². The molecule has 0 unspecified atom stereocenters. The fourth-order valence-electron chi connectivity index (χ4n) is 16.4. The van der Waals surface area contributed by atoms with Crippen LogP contribution in [0.2, 0.25) is 0 Å². The third-order valence-corrected chi connectivity index (χ3v) is 21.1. The smallest absolute Gasteiger partial charge is 0.228 e. The molecule has 7 nitrogen and oxygen atoms in total. The molecule has 19 aromatic rings. The van der Waals surface area contributed by atoms with Crippen LogP contribution in [-0.2, 0) is 0 Å². The van der Waals surface area contributed by atoms with E-state index in [1.807, 2.05) is 24.3 Å². The van der Waals surface area contributed by atoms with Gasteiger partial charge in [0.1, 0.15) is 11.6 Å². The molecule has 0 fully saturated rings. The lowest BCUT2D eigenvalue weighted by atomic mass is 9.77. The van der Waals surface area contributed by atoms with Gasteiger partial charge in [-0.2, -0.15) is 5.26 Å². The molecule has 5 heterocycles. The van der Waals surface area contributed by atoms with Crippen LogP contribution in [0.5, 0.6) is 0 Å². The number of para-hydroxylation sites is 2. The first-order valence-electron chi connectivity index (χ1n) is 34.8. The Kier molecular flexibility index (Phi) is 13.3. The average molecular weight is 1300 g/mol.